The zero-order chi connectivity index (χ0) is 11.7. The Balaban J connectivity index is 2.45. The average molecular weight is 237 g/mol. The third-order valence-electron chi connectivity index (χ3n) is 2.47. The van der Waals surface area contributed by atoms with Gasteiger partial charge in [0.15, 0.2) is 5.82 Å². The Labute approximate surface area is 99.1 Å². The molecule has 84 valence electrons. The zero-order valence-corrected chi connectivity index (χ0v) is 9.99. The standard InChI is InChI=1S/C11H13ClN4/c1-7-9(5-13)3-4-11(14-7)16-6-10(12)8(2)15-16/h3-4,6H,5,13H2,1-2H3. The predicted octanol–water partition coefficient (Wildman–Crippen LogP) is 2.00. The summed E-state index contributed by atoms with van der Waals surface area (Å²) in [5, 5.41) is 4.91. The van der Waals surface area contributed by atoms with Crippen molar-refractivity contribution in [2.45, 2.75) is 20.4 Å². The minimum absolute atomic E-state index is 0.498. The number of rotatable bonds is 2. The van der Waals surface area contributed by atoms with E-state index >= 15 is 0 Å². The van der Waals surface area contributed by atoms with Crippen molar-refractivity contribution in [3.8, 4) is 5.82 Å². The van der Waals surface area contributed by atoms with Crippen molar-refractivity contribution in [3.63, 3.8) is 0 Å². The van der Waals surface area contributed by atoms with Crippen LogP contribution in [0.2, 0.25) is 5.02 Å². The van der Waals surface area contributed by atoms with Gasteiger partial charge < -0.3 is 5.73 Å². The monoisotopic (exact) mass is 236 g/mol. The first kappa shape index (κ1) is 11.1. The van der Waals surface area contributed by atoms with Crippen LogP contribution in [0.3, 0.4) is 0 Å². The van der Waals surface area contributed by atoms with Crippen LogP contribution in [-0.2, 0) is 6.54 Å². The van der Waals surface area contributed by atoms with Crippen LogP contribution in [0, 0.1) is 13.8 Å². The summed E-state index contributed by atoms with van der Waals surface area (Å²) in [4.78, 5) is 4.43. The molecule has 0 saturated carbocycles. The van der Waals surface area contributed by atoms with Crippen molar-refractivity contribution in [1.82, 2.24) is 14.8 Å². The number of aryl methyl sites for hydroxylation is 2. The number of aromatic nitrogens is 3. The van der Waals surface area contributed by atoms with Gasteiger partial charge in [-0.2, -0.15) is 5.10 Å². The lowest BCUT2D eigenvalue weighted by atomic mass is 10.2. The van der Waals surface area contributed by atoms with Crippen LogP contribution in [-0.4, -0.2) is 14.8 Å². The number of nitrogens with two attached hydrogens (primary N) is 1. The first-order chi connectivity index (χ1) is 7.61. The summed E-state index contributed by atoms with van der Waals surface area (Å²) in [7, 11) is 0. The van der Waals surface area contributed by atoms with E-state index in [0.717, 1.165) is 22.8 Å². The fourth-order valence-corrected chi connectivity index (χ4v) is 1.61. The molecule has 2 rings (SSSR count). The summed E-state index contributed by atoms with van der Waals surface area (Å²) in [6, 6.07) is 3.85. The molecule has 0 aromatic carbocycles. The first-order valence-corrected chi connectivity index (χ1v) is 5.38. The second-order valence-corrected chi connectivity index (χ2v) is 4.03. The summed E-state index contributed by atoms with van der Waals surface area (Å²) in [6.07, 6.45) is 1.75. The molecule has 0 spiro atoms. The van der Waals surface area contributed by atoms with E-state index in [1.165, 1.54) is 0 Å². The molecule has 4 nitrogen and oxygen atoms in total. The molecule has 0 atom stereocenters. The molecule has 0 aliphatic heterocycles. The van der Waals surface area contributed by atoms with Crippen LogP contribution in [0.15, 0.2) is 18.3 Å². The molecular weight excluding hydrogens is 224 g/mol. The van der Waals surface area contributed by atoms with Gasteiger partial charge in [0.25, 0.3) is 0 Å². The maximum Gasteiger partial charge on any atom is 0.153 e. The highest BCUT2D eigenvalue weighted by atomic mass is 35.5. The molecule has 2 aromatic rings. The molecule has 0 saturated heterocycles. The molecule has 2 aromatic heterocycles. The summed E-state index contributed by atoms with van der Waals surface area (Å²) in [5.74, 6) is 0.754. The van der Waals surface area contributed by atoms with Gasteiger partial charge in [-0.25, -0.2) is 9.67 Å². The zero-order valence-electron chi connectivity index (χ0n) is 9.24. The summed E-state index contributed by atoms with van der Waals surface area (Å²) >= 11 is 5.95. The maximum absolute atomic E-state index is 5.95. The Kier molecular flexibility index (Phi) is 2.94. The highest BCUT2D eigenvalue weighted by Gasteiger charge is 2.06. The Morgan fingerprint density at radius 1 is 1.31 bits per heavy atom. The Hall–Kier alpha value is -1.39. The lowest BCUT2D eigenvalue weighted by molar-refractivity contribution is 0.821. The number of halogens is 1. The van der Waals surface area contributed by atoms with Crippen LogP contribution in [0.5, 0.6) is 0 Å². The van der Waals surface area contributed by atoms with Gasteiger partial charge in [-0.15, -0.1) is 0 Å². The van der Waals surface area contributed by atoms with Crippen LogP contribution in [0.4, 0.5) is 0 Å². The minimum atomic E-state index is 0.498. The number of hydrogen-bond acceptors (Lipinski definition) is 3. The maximum atomic E-state index is 5.95. The van der Waals surface area contributed by atoms with E-state index in [1.807, 2.05) is 26.0 Å². The van der Waals surface area contributed by atoms with Crippen LogP contribution >= 0.6 is 11.6 Å². The second-order valence-electron chi connectivity index (χ2n) is 3.63. The van der Waals surface area contributed by atoms with E-state index in [4.69, 9.17) is 17.3 Å². The van der Waals surface area contributed by atoms with Gasteiger partial charge in [-0.05, 0) is 25.5 Å². The van der Waals surface area contributed by atoms with Gasteiger partial charge in [0.1, 0.15) is 0 Å². The molecule has 0 amide bonds. The van der Waals surface area contributed by atoms with Gasteiger partial charge in [-0.3, -0.25) is 0 Å². The molecule has 0 aliphatic rings. The molecule has 0 fully saturated rings. The van der Waals surface area contributed by atoms with Crippen molar-refractivity contribution in [3.05, 3.63) is 40.3 Å². The van der Waals surface area contributed by atoms with E-state index in [2.05, 4.69) is 10.1 Å². The normalized spacial score (nSPS) is 10.8. The Morgan fingerprint density at radius 2 is 2.06 bits per heavy atom. The van der Waals surface area contributed by atoms with Gasteiger partial charge in [0, 0.05) is 12.2 Å². The van der Waals surface area contributed by atoms with Gasteiger partial charge >= 0.3 is 0 Å². The highest BCUT2D eigenvalue weighted by Crippen LogP contribution is 2.16. The van der Waals surface area contributed by atoms with E-state index in [1.54, 1.807) is 10.9 Å². The van der Waals surface area contributed by atoms with Crippen molar-refractivity contribution in [1.29, 1.82) is 0 Å². The summed E-state index contributed by atoms with van der Waals surface area (Å²) in [5.41, 5.74) is 8.34. The third-order valence-corrected chi connectivity index (χ3v) is 2.85. The van der Waals surface area contributed by atoms with Gasteiger partial charge in [0.05, 0.1) is 16.9 Å². The molecule has 2 heterocycles. The lowest BCUT2D eigenvalue weighted by Crippen LogP contribution is -2.05. The van der Waals surface area contributed by atoms with Crippen molar-refractivity contribution in [2.75, 3.05) is 0 Å². The topological polar surface area (TPSA) is 56.7 Å². The predicted molar refractivity (Wildman–Crippen MR) is 63.7 cm³/mol. The molecule has 0 bridgehead atoms. The van der Waals surface area contributed by atoms with Crippen molar-refractivity contribution in [2.24, 2.45) is 5.73 Å². The average Bonchev–Trinajstić information content (AvgIpc) is 2.59. The largest absolute Gasteiger partial charge is 0.326 e. The molecule has 16 heavy (non-hydrogen) atoms. The molecular formula is C11H13ClN4. The van der Waals surface area contributed by atoms with Gasteiger partial charge in [-0.1, -0.05) is 17.7 Å². The SMILES string of the molecule is Cc1nn(-c2ccc(CN)c(C)n2)cc1Cl. The fourth-order valence-electron chi connectivity index (χ4n) is 1.48. The smallest absolute Gasteiger partial charge is 0.153 e. The van der Waals surface area contributed by atoms with Gasteiger partial charge in [0.2, 0.25) is 0 Å². The van der Waals surface area contributed by atoms with Crippen molar-refractivity contribution < 1.29 is 0 Å². The van der Waals surface area contributed by atoms with E-state index in [0.29, 0.717) is 11.6 Å². The van der Waals surface area contributed by atoms with Crippen LogP contribution in [0.1, 0.15) is 17.0 Å². The molecule has 0 radical (unpaired) electrons. The quantitative estimate of drug-likeness (QED) is 0.868. The number of pyridine rings is 1. The number of nitrogens with zero attached hydrogens (tertiary/aromatic N) is 3. The van der Waals surface area contributed by atoms with Crippen LogP contribution in [0.25, 0.3) is 5.82 Å². The molecule has 0 unspecified atom stereocenters. The Bertz CT molecular complexity index is 499. The van der Waals surface area contributed by atoms with Crippen molar-refractivity contribution >= 4 is 11.6 Å². The first-order valence-electron chi connectivity index (χ1n) is 5.00. The highest BCUT2D eigenvalue weighted by molar-refractivity contribution is 6.31. The van der Waals surface area contributed by atoms with E-state index in [-0.39, 0.29) is 0 Å². The third kappa shape index (κ3) is 1.94. The fraction of sp³-hybridized carbons (Fsp3) is 0.273. The Morgan fingerprint density at radius 3 is 2.56 bits per heavy atom. The van der Waals surface area contributed by atoms with Crippen LogP contribution < -0.4 is 5.73 Å². The van der Waals surface area contributed by atoms with E-state index in [9.17, 15) is 0 Å². The molecule has 2 N–H and O–H groups in total. The summed E-state index contributed by atoms with van der Waals surface area (Å²) in [6.45, 7) is 4.29. The lowest BCUT2D eigenvalue weighted by Gasteiger charge is -2.05. The minimum Gasteiger partial charge on any atom is -0.326 e. The summed E-state index contributed by atoms with van der Waals surface area (Å²) < 4.78 is 1.67. The molecule has 5 heteroatoms. The second kappa shape index (κ2) is 4.23. The molecule has 0 aliphatic carbocycles. The number of hydrogen-bond donors (Lipinski definition) is 1. The van der Waals surface area contributed by atoms with E-state index < -0.39 is 0 Å².